The third-order valence-electron chi connectivity index (χ3n) is 3.30. The van der Waals surface area contributed by atoms with Gasteiger partial charge in [0.25, 0.3) is 0 Å². The molecule has 1 nitrogen and oxygen atoms in total. The van der Waals surface area contributed by atoms with E-state index in [2.05, 4.69) is 0 Å². The molecule has 92 valence electrons. The maximum atomic E-state index is 13.5. The molecule has 1 aromatic carbocycles. The van der Waals surface area contributed by atoms with E-state index in [1.807, 2.05) is 19.9 Å². The molecule has 1 aromatic rings. The molecular formula is C15H19FO. The SMILES string of the molecule is CC(C)c1cc(CC(=O)CC2CC2)ccc1F. The normalized spacial score (nSPS) is 15.3. The molecule has 0 amide bonds. The second-order valence-corrected chi connectivity index (χ2v) is 5.37. The van der Waals surface area contributed by atoms with E-state index < -0.39 is 0 Å². The van der Waals surface area contributed by atoms with Crippen molar-refractivity contribution in [2.75, 3.05) is 0 Å². The van der Waals surface area contributed by atoms with E-state index in [4.69, 9.17) is 0 Å². The number of hydrogen-bond donors (Lipinski definition) is 0. The van der Waals surface area contributed by atoms with Gasteiger partial charge in [-0.3, -0.25) is 4.79 Å². The zero-order valence-corrected chi connectivity index (χ0v) is 10.5. The monoisotopic (exact) mass is 234 g/mol. The van der Waals surface area contributed by atoms with Crippen LogP contribution >= 0.6 is 0 Å². The molecule has 1 saturated carbocycles. The molecule has 0 spiro atoms. The highest BCUT2D eigenvalue weighted by molar-refractivity contribution is 5.81. The molecule has 2 heteroatoms. The molecule has 1 aliphatic carbocycles. The Morgan fingerprint density at radius 1 is 1.41 bits per heavy atom. The quantitative estimate of drug-likeness (QED) is 0.756. The van der Waals surface area contributed by atoms with Crippen molar-refractivity contribution in [1.29, 1.82) is 0 Å². The molecule has 0 atom stereocenters. The van der Waals surface area contributed by atoms with Crippen molar-refractivity contribution in [2.24, 2.45) is 5.92 Å². The molecule has 0 radical (unpaired) electrons. The number of hydrogen-bond acceptors (Lipinski definition) is 1. The van der Waals surface area contributed by atoms with Gasteiger partial charge in [-0.1, -0.05) is 26.0 Å². The van der Waals surface area contributed by atoms with Gasteiger partial charge in [0.2, 0.25) is 0 Å². The van der Waals surface area contributed by atoms with Crippen LogP contribution in [0.4, 0.5) is 4.39 Å². The molecule has 0 aliphatic heterocycles. The number of Topliss-reactive ketones (excluding diaryl/α,β-unsaturated/α-hetero) is 1. The van der Waals surface area contributed by atoms with Crippen LogP contribution in [0.1, 0.15) is 50.2 Å². The Hall–Kier alpha value is -1.18. The first-order valence-electron chi connectivity index (χ1n) is 6.36. The Morgan fingerprint density at radius 2 is 2.12 bits per heavy atom. The van der Waals surface area contributed by atoms with E-state index in [1.54, 1.807) is 6.07 Å². The lowest BCUT2D eigenvalue weighted by molar-refractivity contribution is -0.118. The zero-order chi connectivity index (χ0) is 12.4. The average Bonchev–Trinajstić information content (AvgIpc) is 3.04. The van der Waals surface area contributed by atoms with Crippen molar-refractivity contribution < 1.29 is 9.18 Å². The van der Waals surface area contributed by atoms with Crippen molar-refractivity contribution in [3.63, 3.8) is 0 Å². The van der Waals surface area contributed by atoms with Gasteiger partial charge < -0.3 is 0 Å². The van der Waals surface area contributed by atoms with E-state index in [0.717, 1.165) is 5.56 Å². The molecule has 0 heterocycles. The standard InChI is InChI=1S/C15H19FO/c1-10(2)14-9-12(5-6-15(14)16)8-13(17)7-11-3-4-11/h5-6,9-11H,3-4,7-8H2,1-2H3. The first-order valence-corrected chi connectivity index (χ1v) is 6.36. The van der Waals surface area contributed by atoms with E-state index in [0.29, 0.717) is 24.3 Å². The maximum Gasteiger partial charge on any atom is 0.137 e. The van der Waals surface area contributed by atoms with Crippen LogP contribution in [-0.2, 0) is 11.2 Å². The lowest BCUT2D eigenvalue weighted by atomic mass is 9.97. The van der Waals surface area contributed by atoms with Crippen molar-refractivity contribution in [1.82, 2.24) is 0 Å². The maximum absolute atomic E-state index is 13.5. The highest BCUT2D eigenvalue weighted by Crippen LogP contribution is 2.33. The van der Waals surface area contributed by atoms with E-state index in [-0.39, 0.29) is 17.5 Å². The third kappa shape index (κ3) is 3.39. The fraction of sp³-hybridized carbons (Fsp3) is 0.533. The lowest BCUT2D eigenvalue weighted by Crippen LogP contribution is -2.05. The van der Waals surface area contributed by atoms with Gasteiger partial charge in [-0.2, -0.15) is 0 Å². The molecule has 17 heavy (non-hydrogen) atoms. The fourth-order valence-electron chi connectivity index (χ4n) is 2.09. The van der Waals surface area contributed by atoms with Gasteiger partial charge in [0.1, 0.15) is 11.6 Å². The number of carbonyl (C=O) groups is 1. The Kier molecular flexibility index (Phi) is 3.60. The first kappa shape index (κ1) is 12.3. The van der Waals surface area contributed by atoms with Gasteiger partial charge in [-0.25, -0.2) is 4.39 Å². The predicted molar refractivity (Wildman–Crippen MR) is 66.5 cm³/mol. The molecule has 0 saturated heterocycles. The topological polar surface area (TPSA) is 17.1 Å². The molecule has 0 aromatic heterocycles. The molecule has 0 unspecified atom stereocenters. The number of halogens is 1. The summed E-state index contributed by atoms with van der Waals surface area (Å²) in [4.78, 5) is 11.7. The van der Waals surface area contributed by atoms with Gasteiger partial charge >= 0.3 is 0 Å². The molecule has 2 rings (SSSR count). The zero-order valence-electron chi connectivity index (χ0n) is 10.5. The van der Waals surface area contributed by atoms with Gasteiger partial charge in [-0.15, -0.1) is 0 Å². The smallest absolute Gasteiger partial charge is 0.137 e. The van der Waals surface area contributed by atoms with Crippen LogP contribution in [0.5, 0.6) is 0 Å². The van der Waals surface area contributed by atoms with Crippen molar-refractivity contribution in [2.45, 2.75) is 45.4 Å². The van der Waals surface area contributed by atoms with E-state index in [9.17, 15) is 9.18 Å². The Labute approximate surface area is 102 Å². The number of rotatable bonds is 5. The summed E-state index contributed by atoms with van der Waals surface area (Å²) in [5.41, 5.74) is 1.66. The van der Waals surface area contributed by atoms with Crippen LogP contribution < -0.4 is 0 Å². The minimum absolute atomic E-state index is 0.161. The van der Waals surface area contributed by atoms with Crippen molar-refractivity contribution >= 4 is 5.78 Å². The number of benzene rings is 1. The van der Waals surface area contributed by atoms with Crippen LogP contribution in [-0.4, -0.2) is 5.78 Å². The molecule has 1 aliphatic rings. The van der Waals surface area contributed by atoms with Crippen LogP contribution in [0.2, 0.25) is 0 Å². The summed E-state index contributed by atoms with van der Waals surface area (Å²) in [7, 11) is 0. The van der Waals surface area contributed by atoms with Crippen LogP contribution in [0.3, 0.4) is 0 Å². The molecule has 0 N–H and O–H groups in total. The summed E-state index contributed by atoms with van der Waals surface area (Å²) in [5.74, 6) is 0.910. The number of ketones is 1. The van der Waals surface area contributed by atoms with E-state index >= 15 is 0 Å². The highest BCUT2D eigenvalue weighted by Gasteiger charge is 2.24. The largest absolute Gasteiger partial charge is 0.299 e. The minimum atomic E-state index is -0.168. The second kappa shape index (κ2) is 4.99. The van der Waals surface area contributed by atoms with Crippen LogP contribution in [0, 0.1) is 11.7 Å². The van der Waals surface area contributed by atoms with Crippen LogP contribution in [0.15, 0.2) is 18.2 Å². The predicted octanol–water partition coefficient (Wildman–Crippen LogP) is 3.86. The van der Waals surface area contributed by atoms with Gasteiger partial charge in [-0.05, 0) is 41.9 Å². The van der Waals surface area contributed by atoms with E-state index in [1.165, 1.54) is 18.9 Å². The first-order chi connectivity index (χ1) is 8.06. The average molecular weight is 234 g/mol. The Bertz CT molecular complexity index is 419. The van der Waals surface area contributed by atoms with Gasteiger partial charge in [0.15, 0.2) is 0 Å². The van der Waals surface area contributed by atoms with Crippen molar-refractivity contribution in [3.8, 4) is 0 Å². The summed E-state index contributed by atoms with van der Waals surface area (Å²) in [6.45, 7) is 3.93. The summed E-state index contributed by atoms with van der Waals surface area (Å²) < 4.78 is 13.5. The fourth-order valence-corrected chi connectivity index (χ4v) is 2.09. The second-order valence-electron chi connectivity index (χ2n) is 5.37. The van der Waals surface area contributed by atoms with Crippen LogP contribution in [0.25, 0.3) is 0 Å². The number of carbonyl (C=O) groups excluding carboxylic acids is 1. The van der Waals surface area contributed by atoms with Crippen molar-refractivity contribution in [3.05, 3.63) is 35.1 Å². The Balaban J connectivity index is 2.04. The molecular weight excluding hydrogens is 215 g/mol. The summed E-state index contributed by atoms with van der Waals surface area (Å²) in [6, 6.07) is 5.05. The summed E-state index contributed by atoms with van der Waals surface area (Å²) >= 11 is 0. The summed E-state index contributed by atoms with van der Waals surface area (Å²) in [5, 5.41) is 0. The molecule has 1 fully saturated rings. The lowest BCUT2D eigenvalue weighted by Gasteiger charge is -2.09. The van der Waals surface area contributed by atoms with Gasteiger partial charge in [0.05, 0.1) is 0 Å². The Morgan fingerprint density at radius 3 is 2.71 bits per heavy atom. The van der Waals surface area contributed by atoms with Gasteiger partial charge in [0, 0.05) is 12.8 Å². The highest BCUT2D eigenvalue weighted by atomic mass is 19.1. The third-order valence-corrected chi connectivity index (χ3v) is 3.30. The minimum Gasteiger partial charge on any atom is -0.299 e. The molecule has 0 bridgehead atoms. The summed E-state index contributed by atoms with van der Waals surface area (Å²) in [6.07, 6.45) is 3.56.